The third-order valence-electron chi connectivity index (χ3n) is 9.15. The van der Waals surface area contributed by atoms with Crippen molar-refractivity contribution in [2.75, 3.05) is 19.0 Å². The van der Waals surface area contributed by atoms with E-state index >= 15 is 0 Å². The average Bonchev–Trinajstić information content (AvgIpc) is 3.62. The SMILES string of the molecule is COC(C)(C)C(=O)Nc1ncnn2c([C@]3(C#N)O[C@H](COC(=O)CC4CCCCC4)[C@@H](OC(=O)[C@@H](NC(=O)OC(C)(C)C)C(C)C)[C@H]3O)ccc12. The first-order valence-corrected chi connectivity index (χ1v) is 17.2. The molecule has 16 heteroatoms. The van der Waals surface area contributed by atoms with Crippen LogP contribution < -0.4 is 10.6 Å². The molecule has 280 valence electrons. The van der Waals surface area contributed by atoms with Gasteiger partial charge in [0.25, 0.3) is 5.91 Å². The summed E-state index contributed by atoms with van der Waals surface area (Å²) in [5.41, 5.74) is -3.95. The number of alkyl carbamates (subject to hydrolysis) is 1. The minimum absolute atomic E-state index is 0.0285. The molecule has 3 heterocycles. The summed E-state index contributed by atoms with van der Waals surface area (Å²) in [6.07, 6.45) is 0.873. The van der Waals surface area contributed by atoms with E-state index in [2.05, 4.69) is 20.7 Å². The van der Waals surface area contributed by atoms with Crippen LogP contribution in [0.1, 0.15) is 92.7 Å². The van der Waals surface area contributed by atoms with Gasteiger partial charge in [0.2, 0.25) is 5.60 Å². The molecule has 0 bridgehead atoms. The molecule has 1 aliphatic heterocycles. The summed E-state index contributed by atoms with van der Waals surface area (Å²) >= 11 is 0. The van der Waals surface area contributed by atoms with E-state index in [0.717, 1.165) is 38.4 Å². The van der Waals surface area contributed by atoms with E-state index in [9.17, 15) is 29.5 Å². The molecule has 2 aliphatic rings. The molecular formula is C35H50N6O10. The number of aliphatic hydroxyl groups is 1. The third kappa shape index (κ3) is 9.13. The molecule has 0 spiro atoms. The highest BCUT2D eigenvalue weighted by atomic mass is 16.6. The maximum atomic E-state index is 13.7. The van der Waals surface area contributed by atoms with Crippen LogP contribution in [0.4, 0.5) is 10.6 Å². The molecule has 51 heavy (non-hydrogen) atoms. The molecule has 16 nitrogen and oxygen atoms in total. The van der Waals surface area contributed by atoms with Crippen molar-refractivity contribution in [1.82, 2.24) is 19.9 Å². The number of nitrogens with zero attached hydrogens (tertiary/aromatic N) is 4. The zero-order valence-corrected chi connectivity index (χ0v) is 30.6. The number of anilines is 1. The number of hydrogen-bond acceptors (Lipinski definition) is 13. The smallest absolute Gasteiger partial charge is 0.408 e. The summed E-state index contributed by atoms with van der Waals surface area (Å²) in [5.74, 6) is -2.09. The van der Waals surface area contributed by atoms with Crippen LogP contribution in [-0.2, 0) is 43.7 Å². The second-order valence-corrected chi connectivity index (χ2v) is 14.9. The number of carbonyl (C=O) groups is 4. The summed E-state index contributed by atoms with van der Waals surface area (Å²) in [5, 5.41) is 32.0. The van der Waals surface area contributed by atoms with Crippen LogP contribution >= 0.6 is 0 Å². The lowest BCUT2D eigenvalue weighted by molar-refractivity contribution is -0.163. The van der Waals surface area contributed by atoms with Crippen LogP contribution in [0.2, 0.25) is 0 Å². The van der Waals surface area contributed by atoms with Crippen molar-refractivity contribution in [1.29, 1.82) is 5.26 Å². The van der Waals surface area contributed by atoms with Gasteiger partial charge >= 0.3 is 18.0 Å². The van der Waals surface area contributed by atoms with Crippen molar-refractivity contribution >= 4 is 35.3 Å². The van der Waals surface area contributed by atoms with Gasteiger partial charge in [0.1, 0.15) is 54.0 Å². The molecule has 0 aromatic carbocycles. The van der Waals surface area contributed by atoms with Gasteiger partial charge in [-0.05, 0) is 71.4 Å². The number of aliphatic hydroxyl groups excluding tert-OH is 1. The molecule has 2 aromatic rings. The zero-order chi connectivity index (χ0) is 37.7. The van der Waals surface area contributed by atoms with E-state index in [1.54, 1.807) is 48.5 Å². The van der Waals surface area contributed by atoms with Crippen molar-refractivity contribution < 1.29 is 48.0 Å². The van der Waals surface area contributed by atoms with Crippen molar-refractivity contribution in [3.05, 3.63) is 24.2 Å². The second-order valence-electron chi connectivity index (χ2n) is 14.9. The van der Waals surface area contributed by atoms with Crippen molar-refractivity contribution in [2.24, 2.45) is 11.8 Å². The van der Waals surface area contributed by atoms with Crippen LogP contribution in [0.3, 0.4) is 0 Å². The number of rotatable bonds is 12. The van der Waals surface area contributed by atoms with Crippen LogP contribution in [0.5, 0.6) is 0 Å². The number of hydrogen-bond donors (Lipinski definition) is 3. The monoisotopic (exact) mass is 714 g/mol. The summed E-state index contributed by atoms with van der Waals surface area (Å²) in [4.78, 5) is 56.2. The molecule has 0 radical (unpaired) electrons. The summed E-state index contributed by atoms with van der Waals surface area (Å²) in [7, 11) is 1.39. The van der Waals surface area contributed by atoms with Crippen molar-refractivity contribution in [3.8, 4) is 6.07 Å². The Labute approximate surface area is 297 Å². The molecule has 0 unspecified atom stereocenters. The number of methoxy groups -OCH3 is 1. The van der Waals surface area contributed by atoms with Gasteiger partial charge in [-0.2, -0.15) is 10.4 Å². The molecule has 1 saturated carbocycles. The standard InChI is InChI=1S/C35H50N6O10/c1-20(2)26(39-32(46)51-33(3,4)5)30(44)49-27-23(17-48-25(42)16-21-12-10-9-11-13-21)50-35(18-36,28(27)43)24-15-14-22-29(37-19-38-41(22)24)40-31(45)34(6,7)47-8/h14-15,19-21,23,26-28,43H,9-13,16-17H2,1-8H3,(H,39,46)(H,37,38,40,45)/t23-,26+,27-,28-,35+/m1/s1. The Balaban J connectivity index is 1.66. The highest BCUT2D eigenvalue weighted by Crippen LogP contribution is 2.42. The van der Waals surface area contributed by atoms with Crippen LogP contribution in [0.25, 0.3) is 5.52 Å². The van der Waals surface area contributed by atoms with E-state index in [0.29, 0.717) is 0 Å². The number of carbonyl (C=O) groups excluding carboxylic acids is 4. The molecule has 5 atom stereocenters. The molecule has 1 saturated heterocycles. The quantitative estimate of drug-likeness (QED) is 0.212. The van der Waals surface area contributed by atoms with Gasteiger partial charge < -0.3 is 39.4 Å². The number of nitriles is 1. The molecule has 3 N–H and O–H groups in total. The van der Waals surface area contributed by atoms with E-state index in [-0.39, 0.29) is 29.4 Å². The van der Waals surface area contributed by atoms with Crippen molar-refractivity contribution in [2.45, 2.75) is 128 Å². The molecule has 1 aliphatic carbocycles. The maximum absolute atomic E-state index is 13.7. The highest BCUT2D eigenvalue weighted by molar-refractivity contribution is 5.98. The van der Waals surface area contributed by atoms with Gasteiger partial charge in [0.15, 0.2) is 11.9 Å². The molecule has 2 amide bonds. The van der Waals surface area contributed by atoms with Gasteiger partial charge in [0, 0.05) is 13.5 Å². The van der Waals surface area contributed by atoms with E-state index in [4.69, 9.17) is 23.7 Å². The largest absolute Gasteiger partial charge is 0.463 e. The Morgan fingerprint density at radius 2 is 1.82 bits per heavy atom. The fourth-order valence-electron chi connectivity index (χ4n) is 6.10. The number of esters is 2. The Morgan fingerprint density at radius 1 is 1.14 bits per heavy atom. The summed E-state index contributed by atoms with van der Waals surface area (Å²) < 4.78 is 29.5. The highest BCUT2D eigenvalue weighted by Gasteiger charge is 2.60. The Kier molecular flexibility index (Phi) is 12.3. The number of amides is 2. The minimum Gasteiger partial charge on any atom is -0.463 e. The number of ether oxygens (including phenoxy) is 5. The van der Waals surface area contributed by atoms with Crippen LogP contribution in [-0.4, -0.2) is 92.9 Å². The topological polar surface area (TPSA) is 213 Å². The normalized spacial score (nSPS) is 23.4. The number of nitrogens with one attached hydrogen (secondary N) is 2. The minimum atomic E-state index is -2.20. The van der Waals surface area contributed by atoms with Gasteiger partial charge in [-0.3, -0.25) is 9.59 Å². The first kappa shape index (κ1) is 39.5. The van der Waals surface area contributed by atoms with Crippen molar-refractivity contribution in [3.63, 3.8) is 0 Å². The Bertz CT molecular complexity index is 1620. The molecular weight excluding hydrogens is 664 g/mol. The average molecular weight is 715 g/mol. The van der Waals surface area contributed by atoms with Crippen LogP contribution in [0, 0.1) is 23.2 Å². The first-order chi connectivity index (χ1) is 23.9. The lowest BCUT2D eigenvalue weighted by Crippen LogP contribution is -2.50. The number of aromatic nitrogens is 3. The summed E-state index contributed by atoms with van der Waals surface area (Å²) in [6.45, 7) is 11.1. The maximum Gasteiger partial charge on any atom is 0.408 e. The number of fused-ring (bicyclic) bond motifs is 1. The third-order valence-corrected chi connectivity index (χ3v) is 9.15. The lowest BCUT2D eigenvalue weighted by atomic mass is 9.87. The molecule has 2 fully saturated rings. The van der Waals surface area contributed by atoms with Crippen LogP contribution in [0.15, 0.2) is 18.5 Å². The van der Waals surface area contributed by atoms with Gasteiger partial charge in [-0.25, -0.2) is 19.1 Å². The van der Waals surface area contributed by atoms with Gasteiger partial charge in [-0.15, -0.1) is 0 Å². The second kappa shape index (κ2) is 15.9. The Hall–Kier alpha value is -4.33. The van der Waals surface area contributed by atoms with E-state index in [1.165, 1.54) is 23.8 Å². The van der Waals surface area contributed by atoms with Gasteiger partial charge in [0.05, 0.1) is 5.69 Å². The Morgan fingerprint density at radius 3 is 2.43 bits per heavy atom. The zero-order valence-electron chi connectivity index (χ0n) is 30.6. The van der Waals surface area contributed by atoms with E-state index < -0.39 is 77.6 Å². The fourth-order valence-corrected chi connectivity index (χ4v) is 6.10. The lowest BCUT2D eigenvalue weighted by Gasteiger charge is -2.28. The first-order valence-electron chi connectivity index (χ1n) is 17.2. The van der Waals surface area contributed by atoms with Gasteiger partial charge in [-0.1, -0.05) is 33.1 Å². The summed E-state index contributed by atoms with van der Waals surface area (Å²) in [6, 6.07) is 3.81. The molecule has 4 rings (SSSR count). The van der Waals surface area contributed by atoms with E-state index in [1.807, 2.05) is 6.07 Å². The predicted octanol–water partition coefficient (Wildman–Crippen LogP) is 3.55. The molecule has 2 aromatic heterocycles. The fraction of sp³-hybridized carbons (Fsp3) is 0.686. The predicted molar refractivity (Wildman–Crippen MR) is 181 cm³/mol.